The smallest absolute Gasteiger partial charge is 0.262 e. The summed E-state index contributed by atoms with van der Waals surface area (Å²) in [5.74, 6) is 1.31. The van der Waals surface area contributed by atoms with Crippen LogP contribution in [0.4, 0.5) is 5.69 Å². The fraction of sp³-hybridized carbons (Fsp3) is 0.231. The second-order valence-corrected chi connectivity index (χ2v) is 8.31. The number of aryl methyl sites for hydroxylation is 1. The summed E-state index contributed by atoms with van der Waals surface area (Å²) in [5, 5.41) is 3.23. The van der Waals surface area contributed by atoms with E-state index in [1.165, 1.54) is 5.56 Å². The lowest BCUT2D eigenvalue weighted by Crippen LogP contribution is -2.20. The maximum absolute atomic E-state index is 12.5. The molecule has 1 atom stereocenters. The number of fused-ring (bicyclic) bond motifs is 1. The first-order chi connectivity index (χ1) is 15.4. The fourth-order valence-corrected chi connectivity index (χ4v) is 3.54. The molecule has 0 saturated carbocycles. The normalized spacial score (nSPS) is 12.0. The Labute approximate surface area is 192 Å². The van der Waals surface area contributed by atoms with Crippen LogP contribution >= 0.6 is 11.6 Å². The number of halogens is 1. The molecule has 4 aromatic rings. The molecular formula is C26H25ClN2O3. The number of benzene rings is 3. The monoisotopic (exact) mass is 448 g/mol. The van der Waals surface area contributed by atoms with E-state index in [4.69, 9.17) is 20.8 Å². The highest BCUT2D eigenvalue weighted by Gasteiger charge is 2.13. The Bertz CT molecular complexity index is 1250. The minimum atomic E-state index is -0.303. The third-order valence-corrected chi connectivity index (χ3v) is 5.79. The molecule has 0 radical (unpaired) electrons. The van der Waals surface area contributed by atoms with Gasteiger partial charge in [0.15, 0.2) is 12.2 Å². The highest BCUT2D eigenvalue weighted by molar-refractivity contribution is 6.33. The number of rotatable bonds is 7. The molecule has 0 spiro atoms. The van der Waals surface area contributed by atoms with Crippen LogP contribution in [-0.2, 0) is 4.79 Å². The lowest BCUT2D eigenvalue weighted by molar-refractivity contribution is -0.118. The Balaban J connectivity index is 1.43. The van der Waals surface area contributed by atoms with Crippen molar-refractivity contribution in [1.29, 1.82) is 0 Å². The predicted molar refractivity (Wildman–Crippen MR) is 128 cm³/mol. The van der Waals surface area contributed by atoms with Gasteiger partial charge in [-0.2, -0.15) is 0 Å². The van der Waals surface area contributed by atoms with E-state index in [0.29, 0.717) is 33.9 Å². The lowest BCUT2D eigenvalue weighted by atomic mass is 9.99. The van der Waals surface area contributed by atoms with Crippen LogP contribution in [0.5, 0.6) is 5.75 Å². The van der Waals surface area contributed by atoms with Crippen molar-refractivity contribution in [3.05, 3.63) is 76.8 Å². The first kappa shape index (κ1) is 21.9. The summed E-state index contributed by atoms with van der Waals surface area (Å²) >= 11 is 6.30. The van der Waals surface area contributed by atoms with Crippen molar-refractivity contribution < 1.29 is 13.9 Å². The summed E-state index contributed by atoms with van der Waals surface area (Å²) in [4.78, 5) is 17.0. The zero-order chi connectivity index (χ0) is 22.7. The number of aromatic nitrogens is 1. The molecule has 164 valence electrons. The van der Waals surface area contributed by atoms with Gasteiger partial charge in [-0.3, -0.25) is 4.79 Å². The van der Waals surface area contributed by atoms with Gasteiger partial charge in [-0.1, -0.05) is 43.6 Å². The molecule has 0 aliphatic heterocycles. The van der Waals surface area contributed by atoms with E-state index in [2.05, 4.69) is 24.1 Å². The topological polar surface area (TPSA) is 64.4 Å². The van der Waals surface area contributed by atoms with Crippen molar-refractivity contribution >= 4 is 34.3 Å². The van der Waals surface area contributed by atoms with Gasteiger partial charge in [0.1, 0.15) is 11.3 Å². The third-order valence-electron chi connectivity index (χ3n) is 5.46. The van der Waals surface area contributed by atoms with Crippen molar-refractivity contribution in [2.24, 2.45) is 0 Å². The number of nitrogens with zero attached hydrogens (tertiary/aromatic N) is 1. The minimum absolute atomic E-state index is 0.120. The summed E-state index contributed by atoms with van der Waals surface area (Å²) < 4.78 is 11.5. The van der Waals surface area contributed by atoms with Crippen molar-refractivity contribution in [2.75, 3.05) is 11.9 Å². The standard InChI is InChI=1S/C26H25ClN2O3/c1-4-17(3)18-6-9-20(10-7-18)31-15-25(30)28-23-14-19(8-11-21(23)27)26-29-22-12-5-16(2)13-24(22)32-26/h5-14,17H,4,15H2,1-3H3,(H,28,30). The third kappa shape index (κ3) is 4.94. The van der Waals surface area contributed by atoms with Crippen molar-refractivity contribution in [2.45, 2.75) is 33.1 Å². The molecule has 4 rings (SSSR count). The number of hydrogen-bond acceptors (Lipinski definition) is 4. The first-order valence-corrected chi connectivity index (χ1v) is 11.0. The Morgan fingerprint density at radius 1 is 1.12 bits per heavy atom. The Kier molecular flexibility index (Phi) is 6.47. The van der Waals surface area contributed by atoms with Crippen molar-refractivity contribution in [3.63, 3.8) is 0 Å². The Morgan fingerprint density at radius 3 is 2.66 bits per heavy atom. The van der Waals surface area contributed by atoms with E-state index in [9.17, 15) is 4.79 Å². The van der Waals surface area contributed by atoms with Gasteiger partial charge in [-0.25, -0.2) is 4.98 Å². The molecule has 0 bridgehead atoms. The van der Waals surface area contributed by atoms with Crippen LogP contribution in [-0.4, -0.2) is 17.5 Å². The Hall–Kier alpha value is -3.31. The molecule has 1 amide bonds. The summed E-state index contributed by atoms with van der Waals surface area (Å²) in [6, 6.07) is 19.0. The summed E-state index contributed by atoms with van der Waals surface area (Å²) in [7, 11) is 0. The molecule has 6 heteroatoms. The molecule has 1 N–H and O–H groups in total. The molecular weight excluding hydrogens is 424 g/mol. The van der Waals surface area contributed by atoms with Gasteiger partial charge >= 0.3 is 0 Å². The second-order valence-electron chi connectivity index (χ2n) is 7.90. The molecule has 1 aromatic heterocycles. The van der Waals surface area contributed by atoms with Gasteiger partial charge in [-0.05, 0) is 72.9 Å². The molecule has 1 heterocycles. The number of oxazole rings is 1. The van der Waals surface area contributed by atoms with E-state index in [-0.39, 0.29) is 12.5 Å². The molecule has 5 nitrogen and oxygen atoms in total. The highest BCUT2D eigenvalue weighted by Crippen LogP contribution is 2.31. The van der Waals surface area contributed by atoms with Crippen LogP contribution in [0.3, 0.4) is 0 Å². The zero-order valence-corrected chi connectivity index (χ0v) is 19.1. The molecule has 3 aromatic carbocycles. The fourth-order valence-electron chi connectivity index (χ4n) is 3.37. The number of hydrogen-bond donors (Lipinski definition) is 1. The van der Waals surface area contributed by atoms with Crippen LogP contribution in [0.1, 0.15) is 37.3 Å². The maximum atomic E-state index is 12.5. The average molecular weight is 449 g/mol. The lowest BCUT2D eigenvalue weighted by Gasteiger charge is -2.11. The van der Waals surface area contributed by atoms with Gasteiger partial charge in [0.25, 0.3) is 5.91 Å². The van der Waals surface area contributed by atoms with E-state index >= 15 is 0 Å². The SMILES string of the molecule is CCC(C)c1ccc(OCC(=O)Nc2cc(-c3nc4ccc(C)cc4o3)ccc2Cl)cc1. The first-order valence-electron chi connectivity index (χ1n) is 10.6. The van der Waals surface area contributed by atoms with Crippen LogP contribution in [0.15, 0.2) is 65.1 Å². The van der Waals surface area contributed by atoms with Gasteiger partial charge in [-0.15, -0.1) is 0 Å². The number of amides is 1. The van der Waals surface area contributed by atoms with E-state index in [0.717, 1.165) is 23.1 Å². The average Bonchev–Trinajstić information content (AvgIpc) is 3.22. The molecule has 0 saturated heterocycles. The minimum Gasteiger partial charge on any atom is -0.484 e. The quantitative estimate of drug-likeness (QED) is 0.331. The van der Waals surface area contributed by atoms with E-state index in [1.54, 1.807) is 12.1 Å². The summed E-state index contributed by atoms with van der Waals surface area (Å²) in [6.07, 6.45) is 1.08. The highest BCUT2D eigenvalue weighted by atomic mass is 35.5. The number of ether oxygens (including phenoxy) is 1. The van der Waals surface area contributed by atoms with Crippen molar-refractivity contribution in [3.8, 4) is 17.2 Å². The number of carbonyl (C=O) groups excluding carboxylic acids is 1. The molecule has 1 unspecified atom stereocenters. The zero-order valence-electron chi connectivity index (χ0n) is 18.3. The summed E-state index contributed by atoms with van der Waals surface area (Å²) in [6.45, 7) is 6.22. The maximum Gasteiger partial charge on any atom is 0.262 e. The molecule has 0 aliphatic carbocycles. The molecule has 0 aliphatic rings. The van der Waals surface area contributed by atoms with Crippen molar-refractivity contribution in [1.82, 2.24) is 4.98 Å². The number of nitrogens with one attached hydrogen (secondary N) is 1. The van der Waals surface area contributed by atoms with Gasteiger partial charge < -0.3 is 14.5 Å². The second kappa shape index (κ2) is 9.45. The van der Waals surface area contributed by atoms with Crippen LogP contribution in [0, 0.1) is 6.92 Å². The van der Waals surface area contributed by atoms with Gasteiger partial charge in [0.05, 0.1) is 10.7 Å². The van der Waals surface area contributed by atoms with Gasteiger partial charge in [0.2, 0.25) is 5.89 Å². The van der Waals surface area contributed by atoms with Crippen LogP contribution in [0.2, 0.25) is 5.02 Å². The van der Waals surface area contributed by atoms with E-state index in [1.807, 2.05) is 55.5 Å². The molecule has 32 heavy (non-hydrogen) atoms. The van der Waals surface area contributed by atoms with Gasteiger partial charge in [0, 0.05) is 5.56 Å². The largest absolute Gasteiger partial charge is 0.484 e. The number of carbonyl (C=O) groups is 1. The Morgan fingerprint density at radius 2 is 1.91 bits per heavy atom. The van der Waals surface area contributed by atoms with E-state index < -0.39 is 0 Å². The molecule has 0 fully saturated rings. The van der Waals surface area contributed by atoms with Crippen LogP contribution in [0.25, 0.3) is 22.6 Å². The van der Waals surface area contributed by atoms with Crippen LogP contribution < -0.4 is 10.1 Å². The predicted octanol–water partition coefficient (Wildman–Crippen LogP) is 6.99. The summed E-state index contributed by atoms with van der Waals surface area (Å²) in [5.41, 5.74) is 5.04. The number of anilines is 1.